The zero-order valence-corrected chi connectivity index (χ0v) is 11.0. The Labute approximate surface area is 98.6 Å². The van der Waals surface area contributed by atoms with Crippen LogP contribution in [0.25, 0.3) is 0 Å². The normalized spacial score (nSPS) is 39.2. The van der Waals surface area contributed by atoms with Crippen molar-refractivity contribution >= 4 is 0 Å². The van der Waals surface area contributed by atoms with Crippen LogP contribution in [0.15, 0.2) is 0 Å². The molecule has 2 saturated carbocycles. The van der Waals surface area contributed by atoms with E-state index in [0.29, 0.717) is 12.6 Å². The van der Waals surface area contributed by atoms with Crippen LogP contribution in [0.4, 0.5) is 0 Å². The topological polar surface area (TPSA) is 41.5 Å². The van der Waals surface area contributed by atoms with Crippen molar-refractivity contribution in [1.82, 2.24) is 5.32 Å². The first-order chi connectivity index (χ1) is 7.39. The minimum atomic E-state index is 0.000591. The molecule has 0 aromatic heterocycles. The molecule has 2 fully saturated rings. The van der Waals surface area contributed by atoms with Gasteiger partial charge in [-0.25, -0.2) is 0 Å². The fourth-order valence-electron chi connectivity index (χ4n) is 2.73. The van der Waals surface area contributed by atoms with Crippen molar-refractivity contribution in [2.24, 2.45) is 10.8 Å². The monoisotopic (exact) mass is 227 g/mol. The van der Waals surface area contributed by atoms with E-state index in [9.17, 15) is 5.11 Å². The molecule has 0 aliphatic heterocycles. The minimum absolute atomic E-state index is 0.000591. The third kappa shape index (κ3) is 1.69. The Morgan fingerprint density at radius 2 is 1.94 bits per heavy atom. The highest BCUT2D eigenvalue weighted by Crippen LogP contribution is 2.52. The van der Waals surface area contributed by atoms with Crippen molar-refractivity contribution in [3.05, 3.63) is 0 Å². The lowest BCUT2D eigenvalue weighted by molar-refractivity contribution is -0.181. The van der Waals surface area contributed by atoms with Gasteiger partial charge in [-0.05, 0) is 26.2 Å². The highest BCUT2D eigenvalue weighted by molar-refractivity contribution is 5.12. The zero-order valence-electron chi connectivity index (χ0n) is 11.0. The van der Waals surface area contributed by atoms with E-state index in [4.69, 9.17) is 4.74 Å². The predicted molar refractivity (Wildman–Crippen MR) is 64.4 cm³/mol. The van der Waals surface area contributed by atoms with Gasteiger partial charge in [-0.2, -0.15) is 0 Å². The van der Waals surface area contributed by atoms with E-state index < -0.39 is 0 Å². The van der Waals surface area contributed by atoms with Gasteiger partial charge in [-0.3, -0.25) is 0 Å². The molecule has 2 aliphatic rings. The molecule has 3 nitrogen and oxygen atoms in total. The molecule has 0 heterocycles. The summed E-state index contributed by atoms with van der Waals surface area (Å²) in [5, 5.41) is 12.9. The van der Waals surface area contributed by atoms with Crippen LogP contribution in [0.2, 0.25) is 0 Å². The number of hydrogen-bond acceptors (Lipinski definition) is 3. The van der Waals surface area contributed by atoms with Gasteiger partial charge in [-0.15, -0.1) is 0 Å². The maximum atomic E-state index is 9.27. The molecule has 2 N–H and O–H groups in total. The van der Waals surface area contributed by atoms with Gasteiger partial charge in [0.1, 0.15) is 0 Å². The first-order valence-corrected chi connectivity index (χ1v) is 6.29. The molecular formula is C13H25NO2. The smallest absolute Gasteiger partial charge is 0.0731 e. The first kappa shape index (κ1) is 12.3. The number of rotatable bonds is 5. The molecule has 0 spiro atoms. The summed E-state index contributed by atoms with van der Waals surface area (Å²) in [4.78, 5) is 0. The maximum absolute atomic E-state index is 9.27. The van der Waals surface area contributed by atoms with Crippen molar-refractivity contribution < 1.29 is 9.84 Å². The predicted octanol–water partition coefficient (Wildman–Crippen LogP) is 1.55. The quantitative estimate of drug-likeness (QED) is 0.749. The van der Waals surface area contributed by atoms with Crippen molar-refractivity contribution in [2.45, 2.75) is 51.7 Å². The molecule has 2 rings (SSSR count). The Hall–Kier alpha value is -0.120. The van der Waals surface area contributed by atoms with E-state index in [-0.39, 0.29) is 16.4 Å². The minimum Gasteiger partial charge on any atom is -0.396 e. The summed E-state index contributed by atoms with van der Waals surface area (Å²) >= 11 is 0. The second-order valence-electron chi connectivity index (χ2n) is 6.45. The fourth-order valence-corrected chi connectivity index (χ4v) is 2.73. The van der Waals surface area contributed by atoms with Gasteiger partial charge in [0.25, 0.3) is 0 Å². The largest absolute Gasteiger partial charge is 0.396 e. The van der Waals surface area contributed by atoms with Gasteiger partial charge in [0.15, 0.2) is 0 Å². The summed E-state index contributed by atoms with van der Waals surface area (Å²) in [5.41, 5.74) is 0.378. The molecule has 0 amide bonds. The summed E-state index contributed by atoms with van der Waals surface area (Å²) in [6, 6.07) is 0.515. The Bertz CT molecular complexity index is 273. The molecule has 0 radical (unpaired) electrons. The van der Waals surface area contributed by atoms with Crippen molar-refractivity contribution in [2.75, 3.05) is 20.3 Å². The van der Waals surface area contributed by atoms with E-state index in [0.717, 1.165) is 13.0 Å². The van der Waals surface area contributed by atoms with E-state index >= 15 is 0 Å². The maximum Gasteiger partial charge on any atom is 0.0731 e. The van der Waals surface area contributed by atoms with Crippen LogP contribution in [-0.4, -0.2) is 37.0 Å². The SMILES string of the molecule is COC1(C)CC(NCC2(CO)CC2)C1(C)C. The van der Waals surface area contributed by atoms with Crippen molar-refractivity contribution in [3.8, 4) is 0 Å². The Morgan fingerprint density at radius 3 is 2.31 bits per heavy atom. The van der Waals surface area contributed by atoms with Crippen LogP contribution in [0.5, 0.6) is 0 Å². The standard InChI is InChI=1S/C13H25NO2/c1-11(2)10(7-12(11,3)16-4)14-8-13(9-15)5-6-13/h10,14-15H,5-9H2,1-4H3. The summed E-state index contributed by atoms with van der Waals surface area (Å²) in [7, 11) is 1.80. The first-order valence-electron chi connectivity index (χ1n) is 6.29. The van der Waals surface area contributed by atoms with Gasteiger partial charge in [0, 0.05) is 37.1 Å². The number of hydrogen-bond donors (Lipinski definition) is 2. The lowest BCUT2D eigenvalue weighted by atomic mass is 9.55. The zero-order chi connectivity index (χ0) is 12.0. The van der Waals surface area contributed by atoms with Crippen LogP contribution < -0.4 is 5.32 Å². The van der Waals surface area contributed by atoms with Crippen LogP contribution in [0.1, 0.15) is 40.0 Å². The number of aliphatic hydroxyl groups is 1. The molecule has 16 heavy (non-hydrogen) atoms. The average molecular weight is 227 g/mol. The molecule has 3 heteroatoms. The Balaban J connectivity index is 1.85. The number of methoxy groups -OCH3 is 1. The highest BCUT2D eigenvalue weighted by atomic mass is 16.5. The molecular weight excluding hydrogens is 202 g/mol. The second kappa shape index (κ2) is 3.69. The molecule has 0 aromatic rings. The van der Waals surface area contributed by atoms with E-state index in [1.54, 1.807) is 7.11 Å². The summed E-state index contributed by atoms with van der Waals surface area (Å²) in [5.74, 6) is 0. The number of aliphatic hydroxyl groups excluding tert-OH is 1. The molecule has 0 saturated heterocycles. The lowest BCUT2D eigenvalue weighted by Crippen LogP contribution is -2.68. The molecule has 2 atom stereocenters. The average Bonchev–Trinajstić information content (AvgIpc) is 3.04. The molecule has 94 valence electrons. The molecule has 2 unspecified atom stereocenters. The van der Waals surface area contributed by atoms with E-state index in [1.807, 2.05) is 0 Å². The van der Waals surface area contributed by atoms with Crippen LogP contribution in [0.3, 0.4) is 0 Å². The Morgan fingerprint density at radius 1 is 1.31 bits per heavy atom. The number of nitrogens with one attached hydrogen (secondary N) is 1. The molecule has 0 aromatic carbocycles. The van der Waals surface area contributed by atoms with Gasteiger partial charge in [0.05, 0.1) is 5.60 Å². The van der Waals surface area contributed by atoms with Gasteiger partial charge < -0.3 is 15.2 Å². The van der Waals surface area contributed by atoms with Gasteiger partial charge in [0.2, 0.25) is 0 Å². The molecule has 0 bridgehead atoms. The van der Waals surface area contributed by atoms with Crippen molar-refractivity contribution in [1.29, 1.82) is 0 Å². The van der Waals surface area contributed by atoms with Crippen LogP contribution in [0, 0.1) is 10.8 Å². The van der Waals surface area contributed by atoms with Crippen LogP contribution in [-0.2, 0) is 4.74 Å². The second-order valence-corrected chi connectivity index (χ2v) is 6.45. The van der Waals surface area contributed by atoms with Gasteiger partial charge >= 0.3 is 0 Å². The summed E-state index contributed by atoms with van der Waals surface area (Å²) in [6.45, 7) is 7.99. The van der Waals surface area contributed by atoms with Crippen LogP contribution >= 0.6 is 0 Å². The summed E-state index contributed by atoms with van der Waals surface area (Å²) in [6.07, 6.45) is 3.41. The van der Waals surface area contributed by atoms with Gasteiger partial charge in [-0.1, -0.05) is 13.8 Å². The third-order valence-electron chi connectivity index (χ3n) is 5.29. The number of ether oxygens (including phenoxy) is 1. The molecule has 2 aliphatic carbocycles. The highest BCUT2D eigenvalue weighted by Gasteiger charge is 2.58. The Kier molecular flexibility index (Phi) is 2.84. The third-order valence-corrected chi connectivity index (χ3v) is 5.29. The summed E-state index contributed by atoms with van der Waals surface area (Å²) < 4.78 is 5.60. The van der Waals surface area contributed by atoms with E-state index in [1.165, 1.54) is 12.8 Å². The fraction of sp³-hybridized carbons (Fsp3) is 1.00. The lowest BCUT2D eigenvalue weighted by Gasteiger charge is -2.59. The van der Waals surface area contributed by atoms with E-state index in [2.05, 4.69) is 26.1 Å². The van der Waals surface area contributed by atoms with Crippen molar-refractivity contribution in [3.63, 3.8) is 0 Å².